The maximum absolute atomic E-state index is 2.30. The van der Waals surface area contributed by atoms with Crippen molar-refractivity contribution in [3.63, 3.8) is 0 Å². The molecule has 0 aliphatic carbocycles. The summed E-state index contributed by atoms with van der Waals surface area (Å²) in [5, 5.41) is 0. The fraction of sp³-hybridized carbons (Fsp3) is 0.250. The molecule has 3 aromatic carbocycles. The molecule has 3 aromatic rings. The molecule has 0 aliphatic rings. The summed E-state index contributed by atoms with van der Waals surface area (Å²) < 4.78 is 1.36. The molecule has 0 saturated heterocycles. The molecule has 3 rings (SSSR count). The Bertz CT molecular complexity index is 638. The summed E-state index contributed by atoms with van der Waals surface area (Å²) in [6.07, 6.45) is 5.08. The fourth-order valence-electron chi connectivity index (χ4n) is 3.79. The summed E-state index contributed by atoms with van der Waals surface area (Å²) in [5.74, 6) is 0. The number of hydrogen-bond acceptors (Lipinski definition) is 0. The van der Waals surface area contributed by atoms with Gasteiger partial charge >= 0.3 is 166 Å². The van der Waals surface area contributed by atoms with Crippen LogP contribution in [0, 0.1) is 0 Å². The van der Waals surface area contributed by atoms with E-state index >= 15 is 0 Å². The first kappa shape index (κ1) is 18.3. The van der Waals surface area contributed by atoms with Crippen molar-refractivity contribution in [3.8, 4) is 0 Å². The van der Waals surface area contributed by atoms with E-state index in [-0.39, 0.29) is 5.41 Å². The zero-order valence-electron chi connectivity index (χ0n) is 14.7. The van der Waals surface area contributed by atoms with E-state index in [4.69, 9.17) is 0 Å². The van der Waals surface area contributed by atoms with Gasteiger partial charge in [0.15, 0.2) is 0 Å². The second-order valence-corrected chi connectivity index (χ2v) is 7.99. The molecule has 0 amide bonds. The Labute approximate surface area is 165 Å². The van der Waals surface area contributed by atoms with E-state index in [0.717, 1.165) is 6.42 Å². The van der Waals surface area contributed by atoms with Crippen molar-refractivity contribution in [2.75, 3.05) is 0 Å². The predicted octanol–water partition coefficient (Wildman–Crippen LogP) is 6.17. The summed E-state index contributed by atoms with van der Waals surface area (Å²) in [4.78, 5) is 0. The molecular weight excluding hydrogens is 407 g/mol. The van der Waals surface area contributed by atoms with Crippen molar-refractivity contribution in [2.45, 2.75) is 35.5 Å². The number of benzene rings is 3. The van der Waals surface area contributed by atoms with E-state index in [1.54, 1.807) is 22.5 Å². The first-order valence-electron chi connectivity index (χ1n) is 9.19. The van der Waals surface area contributed by atoms with Crippen LogP contribution in [0.5, 0.6) is 0 Å². The van der Waals surface area contributed by atoms with E-state index in [2.05, 4.69) is 91.0 Å². The van der Waals surface area contributed by atoms with Gasteiger partial charge in [0, 0.05) is 0 Å². The molecule has 0 unspecified atom stereocenters. The Morgan fingerprint density at radius 3 is 1.28 bits per heavy atom. The van der Waals surface area contributed by atoms with Gasteiger partial charge in [-0.2, -0.15) is 0 Å². The van der Waals surface area contributed by atoms with Gasteiger partial charge in [0.05, 0.1) is 0 Å². The summed E-state index contributed by atoms with van der Waals surface area (Å²) in [6.45, 7) is 0. The Kier molecular flexibility index (Phi) is 6.75. The standard InChI is InChI=1S/C24H25.Sn/c1-2-3-13-20-24(21-14-7-4-8-15-21,22-16-9-5-10-17-22)23-18-11-6-12-19-23;/h4-12,14-19H,1-3,13,20H2;. The van der Waals surface area contributed by atoms with Crippen LogP contribution in [0.25, 0.3) is 0 Å². The van der Waals surface area contributed by atoms with Crippen molar-refractivity contribution in [1.29, 1.82) is 0 Å². The van der Waals surface area contributed by atoms with Gasteiger partial charge in [-0.25, -0.2) is 0 Å². The predicted molar refractivity (Wildman–Crippen MR) is 108 cm³/mol. The number of rotatable bonds is 8. The van der Waals surface area contributed by atoms with Crippen LogP contribution in [0.4, 0.5) is 0 Å². The minimum atomic E-state index is -0.0646. The first-order chi connectivity index (χ1) is 12.4. The topological polar surface area (TPSA) is 0 Å². The molecule has 125 valence electrons. The third-order valence-electron chi connectivity index (χ3n) is 5.03. The van der Waals surface area contributed by atoms with Crippen LogP contribution in [-0.4, -0.2) is 22.5 Å². The molecule has 0 aliphatic heterocycles. The Balaban J connectivity index is 2.13. The van der Waals surface area contributed by atoms with Gasteiger partial charge < -0.3 is 0 Å². The monoisotopic (exact) mass is 433 g/mol. The van der Waals surface area contributed by atoms with Crippen molar-refractivity contribution in [1.82, 2.24) is 0 Å². The van der Waals surface area contributed by atoms with E-state index in [9.17, 15) is 0 Å². The summed E-state index contributed by atoms with van der Waals surface area (Å²) in [6, 6.07) is 33.2. The molecule has 0 nitrogen and oxygen atoms in total. The van der Waals surface area contributed by atoms with Gasteiger partial charge in [0.25, 0.3) is 0 Å². The van der Waals surface area contributed by atoms with Crippen LogP contribution in [-0.2, 0) is 5.41 Å². The van der Waals surface area contributed by atoms with Crippen LogP contribution in [0.2, 0.25) is 4.44 Å². The van der Waals surface area contributed by atoms with Gasteiger partial charge in [-0.3, -0.25) is 0 Å². The van der Waals surface area contributed by atoms with E-state index in [1.807, 2.05) is 0 Å². The zero-order chi connectivity index (χ0) is 17.4. The van der Waals surface area contributed by atoms with Crippen molar-refractivity contribution < 1.29 is 0 Å². The summed E-state index contributed by atoms with van der Waals surface area (Å²) >= 11 is 1.66. The SMILES string of the molecule is [Sn][CH2]CCCCC(c1ccccc1)(c1ccccc1)c1ccccc1. The molecule has 0 spiro atoms. The second kappa shape index (κ2) is 9.24. The normalized spacial score (nSPS) is 11.4. The maximum atomic E-state index is 2.30. The molecular formula is C24H25Sn. The van der Waals surface area contributed by atoms with E-state index in [0.29, 0.717) is 0 Å². The van der Waals surface area contributed by atoms with E-state index < -0.39 is 0 Å². The molecule has 0 atom stereocenters. The van der Waals surface area contributed by atoms with Crippen LogP contribution in [0.3, 0.4) is 0 Å². The molecule has 0 aromatic heterocycles. The molecule has 25 heavy (non-hydrogen) atoms. The molecule has 0 heterocycles. The van der Waals surface area contributed by atoms with Crippen molar-refractivity contribution in [3.05, 3.63) is 108 Å². The molecule has 1 heteroatoms. The molecule has 0 bridgehead atoms. The first-order valence-corrected chi connectivity index (χ1v) is 11.2. The average Bonchev–Trinajstić information content (AvgIpc) is 2.70. The zero-order valence-corrected chi connectivity index (χ0v) is 17.5. The van der Waals surface area contributed by atoms with Crippen LogP contribution >= 0.6 is 0 Å². The number of unbranched alkanes of at least 4 members (excludes halogenated alkanes) is 2. The van der Waals surface area contributed by atoms with Gasteiger partial charge in [-0.05, 0) is 0 Å². The Morgan fingerprint density at radius 1 is 0.520 bits per heavy atom. The third-order valence-corrected chi connectivity index (χ3v) is 6.04. The molecule has 0 fully saturated rings. The van der Waals surface area contributed by atoms with Gasteiger partial charge in [0.2, 0.25) is 0 Å². The quantitative estimate of drug-likeness (QED) is 0.227. The van der Waals surface area contributed by atoms with Gasteiger partial charge in [0.1, 0.15) is 0 Å². The minimum absolute atomic E-state index is 0.0646. The fourth-order valence-corrected chi connectivity index (χ4v) is 4.51. The van der Waals surface area contributed by atoms with Crippen LogP contribution in [0.15, 0.2) is 91.0 Å². The average molecular weight is 432 g/mol. The molecule has 0 saturated carbocycles. The van der Waals surface area contributed by atoms with Crippen LogP contribution < -0.4 is 0 Å². The summed E-state index contributed by atoms with van der Waals surface area (Å²) in [5.41, 5.74) is 4.13. The third kappa shape index (κ3) is 4.17. The second-order valence-electron chi connectivity index (χ2n) is 6.56. The number of hydrogen-bond donors (Lipinski definition) is 0. The Morgan fingerprint density at radius 2 is 0.920 bits per heavy atom. The van der Waals surface area contributed by atoms with E-state index in [1.165, 1.54) is 40.4 Å². The molecule has 3 radical (unpaired) electrons. The van der Waals surface area contributed by atoms with Crippen molar-refractivity contribution >= 4 is 22.5 Å². The molecule has 0 N–H and O–H groups in total. The summed E-state index contributed by atoms with van der Waals surface area (Å²) in [7, 11) is 0. The van der Waals surface area contributed by atoms with Gasteiger partial charge in [-0.15, -0.1) is 0 Å². The van der Waals surface area contributed by atoms with Gasteiger partial charge in [-0.1, -0.05) is 0 Å². The van der Waals surface area contributed by atoms with Crippen molar-refractivity contribution in [2.24, 2.45) is 0 Å². The van der Waals surface area contributed by atoms with Crippen LogP contribution in [0.1, 0.15) is 42.4 Å². The Hall–Kier alpha value is -1.54.